The lowest BCUT2D eigenvalue weighted by molar-refractivity contribution is 0.218. The minimum atomic E-state index is -1.43. The molecule has 0 radical (unpaired) electrons. The zero-order chi connectivity index (χ0) is 13.1. The van der Waals surface area contributed by atoms with Gasteiger partial charge in [-0.2, -0.15) is 0 Å². The van der Waals surface area contributed by atoms with Gasteiger partial charge in [-0.15, -0.1) is 0 Å². The number of hydrogen-bond donors (Lipinski definition) is 0. The van der Waals surface area contributed by atoms with Crippen molar-refractivity contribution in [2.24, 2.45) is 0 Å². The Morgan fingerprint density at radius 3 is 2.06 bits per heavy atom. The number of rotatable bonds is 10. The monoisotopic (exact) mass is 368 g/mol. The van der Waals surface area contributed by atoms with Gasteiger partial charge in [0.1, 0.15) is 0 Å². The number of hydrogen-bond acceptors (Lipinski definition) is 1. The highest BCUT2D eigenvalue weighted by molar-refractivity contribution is 14.1. The van der Waals surface area contributed by atoms with Crippen LogP contribution in [0.4, 0.5) is 0 Å². The van der Waals surface area contributed by atoms with Crippen molar-refractivity contribution in [3.05, 3.63) is 10.2 Å². The van der Waals surface area contributed by atoms with Crippen molar-refractivity contribution >= 4 is 30.9 Å². The van der Waals surface area contributed by atoms with Crippen LogP contribution >= 0.6 is 22.6 Å². The molecule has 0 bridgehead atoms. The second kappa shape index (κ2) is 10.6. The predicted molar refractivity (Wildman–Crippen MR) is 89.4 cm³/mol. The SMILES string of the molecule is CCCCC[C@@H](/C=C/I)O[Si](CC)(CC)CC. The van der Waals surface area contributed by atoms with E-state index >= 15 is 0 Å². The molecule has 0 unspecified atom stereocenters. The fourth-order valence-corrected chi connectivity index (χ4v) is 5.49. The third kappa shape index (κ3) is 6.96. The fourth-order valence-electron chi connectivity index (χ4n) is 2.19. The average Bonchev–Trinajstić information content (AvgIpc) is 2.36. The van der Waals surface area contributed by atoms with Crippen LogP contribution in [0.25, 0.3) is 0 Å². The van der Waals surface area contributed by atoms with Crippen LogP contribution in [-0.2, 0) is 4.43 Å². The smallest absolute Gasteiger partial charge is 0.192 e. The second-order valence-electron chi connectivity index (χ2n) is 4.71. The fraction of sp³-hybridized carbons (Fsp3) is 0.857. The Bertz CT molecular complexity index is 194. The van der Waals surface area contributed by atoms with E-state index in [0.29, 0.717) is 6.10 Å². The molecule has 0 fully saturated rings. The molecule has 0 aromatic heterocycles. The summed E-state index contributed by atoms with van der Waals surface area (Å²) in [4.78, 5) is 0. The second-order valence-corrected chi connectivity index (χ2v) is 10.2. The van der Waals surface area contributed by atoms with Crippen molar-refractivity contribution in [3.8, 4) is 0 Å². The largest absolute Gasteiger partial charge is 0.411 e. The Morgan fingerprint density at radius 1 is 1.06 bits per heavy atom. The number of halogens is 1. The standard InChI is InChI=1S/C14H29IOSi/c1-5-9-10-11-14(12-13-15)16-17(6-2,7-3)8-4/h12-14H,5-11H2,1-4H3/b13-12+/t14-/m0/s1. The Balaban J connectivity index is 4.38. The predicted octanol–water partition coefficient (Wildman–Crippen LogP) is 5.91. The minimum absolute atomic E-state index is 0.366. The highest BCUT2D eigenvalue weighted by Crippen LogP contribution is 2.25. The molecule has 1 nitrogen and oxygen atoms in total. The van der Waals surface area contributed by atoms with Crippen LogP contribution in [0.2, 0.25) is 18.1 Å². The lowest BCUT2D eigenvalue weighted by Crippen LogP contribution is -2.39. The third-order valence-corrected chi connectivity index (χ3v) is 8.80. The maximum atomic E-state index is 6.52. The molecular formula is C14H29IOSi. The van der Waals surface area contributed by atoms with Crippen LogP contribution in [0.3, 0.4) is 0 Å². The van der Waals surface area contributed by atoms with Crippen molar-refractivity contribution in [3.63, 3.8) is 0 Å². The van der Waals surface area contributed by atoms with Crippen LogP contribution in [0.15, 0.2) is 10.2 Å². The van der Waals surface area contributed by atoms with Gasteiger partial charge < -0.3 is 4.43 Å². The van der Waals surface area contributed by atoms with E-state index < -0.39 is 8.32 Å². The van der Waals surface area contributed by atoms with Gasteiger partial charge in [0.25, 0.3) is 0 Å². The van der Waals surface area contributed by atoms with Gasteiger partial charge in [-0.3, -0.25) is 0 Å². The van der Waals surface area contributed by atoms with E-state index in [2.05, 4.69) is 60.4 Å². The third-order valence-electron chi connectivity index (χ3n) is 3.71. The summed E-state index contributed by atoms with van der Waals surface area (Å²) in [6.45, 7) is 9.16. The van der Waals surface area contributed by atoms with Gasteiger partial charge in [0, 0.05) is 0 Å². The van der Waals surface area contributed by atoms with Crippen molar-refractivity contribution in [1.82, 2.24) is 0 Å². The first-order valence-electron chi connectivity index (χ1n) is 7.12. The Kier molecular flexibility index (Phi) is 11.0. The van der Waals surface area contributed by atoms with Crippen LogP contribution in [-0.4, -0.2) is 14.4 Å². The van der Waals surface area contributed by atoms with Crippen molar-refractivity contribution in [2.45, 2.75) is 77.6 Å². The van der Waals surface area contributed by atoms with Gasteiger partial charge in [-0.05, 0) is 28.6 Å². The zero-order valence-corrected chi connectivity index (χ0v) is 15.1. The molecule has 17 heavy (non-hydrogen) atoms. The summed E-state index contributed by atoms with van der Waals surface area (Å²) >= 11 is 2.31. The first kappa shape index (κ1) is 17.6. The molecule has 0 aromatic rings. The van der Waals surface area contributed by atoms with E-state index in [-0.39, 0.29) is 0 Å². The molecule has 0 aliphatic rings. The van der Waals surface area contributed by atoms with Crippen molar-refractivity contribution in [2.75, 3.05) is 0 Å². The lowest BCUT2D eigenvalue weighted by atomic mass is 10.1. The molecule has 1 atom stereocenters. The molecular weight excluding hydrogens is 339 g/mol. The molecule has 102 valence electrons. The molecule has 0 saturated heterocycles. The maximum absolute atomic E-state index is 6.52. The van der Waals surface area contributed by atoms with Crippen LogP contribution < -0.4 is 0 Å². The first-order valence-corrected chi connectivity index (χ1v) is 10.9. The molecule has 0 saturated carbocycles. The maximum Gasteiger partial charge on any atom is 0.192 e. The van der Waals surface area contributed by atoms with Crippen LogP contribution in [0.5, 0.6) is 0 Å². The summed E-state index contributed by atoms with van der Waals surface area (Å²) in [5.41, 5.74) is 0. The van der Waals surface area contributed by atoms with E-state index in [0.717, 1.165) is 0 Å². The normalized spacial score (nSPS) is 14.4. The molecule has 0 aliphatic heterocycles. The van der Waals surface area contributed by atoms with Gasteiger partial charge in [-0.1, -0.05) is 75.6 Å². The van der Waals surface area contributed by atoms with Crippen molar-refractivity contribution < 1.29 is 4.43 Å². The lowest BCUT2D eigenvalue weighted by Gasteiger charge is -2.32. The van der Waals surface area contributed by atoms with Gasteiger partial charge in [0.2, 0.25) is 0 Å². The average molecular weight is 368 g/mol. The van der Waals surface area contributed by atoms with E-state index in [9.17, 15) is 0 Å². The topological polar surface area (TPSA) is 9.23 Å². The summed E-state index contributed by atoms with van der Waals surface area (Å²) in [5, 5.41) is 0. The minimum Gasteiger partial charge on any atom is -0.411 e. The van der Waals surface area contributed by atoms with Gasteiger partial charge >= 0.3 is 0 Å². The first-order chi connectivity index (χ1) is 8.17. The van der Waals surface area contributed by atoms with Gasteiger partial charge in [0.15, 0.2) is 8.32 Å². The van der Waals surface area contributed by atoms with Gasteiger partial charge in [0.05, 0.1) is 6.10 Å². The molecule has 0 rings (SSSR count). The van der Waals surface area contributed by atoms with Crippen LogP contribution in [0.1, 0.15) is 53.4 Å². The van der Waals surface area contributed by atoms with Crippen LogP contribution in [0, 0.1) is 0 Å². The summed E-state index contributed by atoms with van der Waals surface area (Å²) in [6.07, 6.45) is 7.72. The summed E-state index contributed by atoms with van der Waals surface area (Å²) in [6, 6.07) is 3.75. The molecule has 0 N–H and O–H groups in total. The van der Waals surface area contributed by atoms with E-state index in [4.69, 9.17) is 4.43 Å². The quantitative estimate of drug-likeness (QED) is 0.265. The molecule has 0 spiro atoms. The Morgan fingerprint density at radius 2 is 1.65 bits per heavy atom. The van der Waals surface area contributed by atoms with Crippen molar-refractivity contribution in [1.29, 1.82) is 0 Å². The highest BCUT2D eigenvalue weighted by Gasteiger charge is 2.30. The zero-order valence-electron chi connectivity index (χ0n) is 12.0. The van der Waals surface area contributed by atoms with E-state index in [1.54, 1.807) is 0 Å². The Hall–Kier alpha value is 0.647. The summed E-state index contributed by atoms with van der Waals surface area (Å²) in [5.74, 6) is 0. The summed E-state index contributed by atoms with van der Waals surface area (Å²) < 4.78 is 8.64. The number of unbranched alkanes of at least 4 members (excludes halogenated alkanes) is 2. The molecule has 0 aliphatic carbocycles. The highest BCUT2D eigenvalue weighted by atomic mass is 127. The Labute approximate surface area is 123 Å². The molecule has 3 heteroatoms. The molecule has 0 amide bonds. The molecule has 0 aromatic carbocycles. The van der Waals surface area contributed by atoms with E-state index in [1.807, 2.05) is 0 Å². The molecule has 0 heterocycles. The van der Waals surface area contributed by atoms with E-state index in [1.165, 1.54) is 43.8 Å². The summed E-state index contributed by atoms with van der Waals surface area (Å²) in [7, 11) is -1.43. The van der Waals surface area contributed by atoms with Gasteiger partial charge in [-0.25, -0.2) is 0 Å².